The number of rotatable bonds is 8. The molecular weight excluding hydrogens is 430 g/mol. The van der Waals surface area contributed by atoms with Crippen molar-refractivity contribution >= 4 is 20.0 Å². The molecule has 2 rings (SSSR count). The van der Waals surface area contributed by atoms with Crippen molar-refractivity contribution in [3.63, 3.8) is 0 Å². The van der Waals surface area contributed by atoms with Crippen LogP contribution in [0.3, 0.4) is 0 Å². The van der Waals surface area contributed by atoms with E-state index in [0.29, 0.717) is 22.8 Å². The van der Waals surface area contributed by atoms with Crippen LogP contribution in [0.25, 0.3) is 12.2 Å². The maximum atomic E-state index is 10.9. The molecule has 8 nitrogen and oxygen atoms in total. The zero-order chi connectivity index (χ0) is 20.0. The van der Waals surface area contributed by atoms with E-state index in [2.05, 4.69) is 4.52 Å². The molecule has 0 saturated carbocycles. The molecule has 0 saturated heterocycles. The first kappa shape index (κ1) is 23.9. The first-order valence-corrected chi connectivity index (χ1v) is 9.15. The molecule has 1 radical (unpaired) electrons. The van der Waals surface area contributed by atoms with Crippen LogP contribution in [0.2, 0.25) is 0 Å². The van der Waals surface area contributed by atoms with Gasteiger partial charge in [0.05, 0.1) is 28.4 Å². The van der Waals surface area contributed by atoms with E-state index in [1.165, 1.54) is 40.6 Å². The number of methoxy groups -OCH3 is 4. The van der Waals surface area contributed by atoms with Gasteiger partial charge in [0.1, 0.15) is 7.82 Å². The predicted octanol–water partition coefficient (Wildman–Crippen LogP) is 2.10. The average molecular weight is 449 g/mol. The van der Waals surface area contributed by atoms with Gasteiger partial charge >= 0.3 is 17.1 Å². The zero-order valence-electron chi connectivity index (χ0n) is 15.6. The van der Waals surface area contributed by atoms with Crippen LogP contribution in [0.4, 0.5) is 0 Å². The van der Waals surface area contributed by atoms with Crippen molar-refractivity contribution in [3.8, 4) is 28.7 Å². The molecule has 0 unspecified atom stereocenters. The maximum Gasteiger partial charge on any atom is 2.00 e. The summed E-state index contributed by atoms with van der Waals surface area (Å²) in [6.45, 7) is 0. The van der Waals surface area contributed by atoms with E-state index in [1.54, 1.807) is 30.4 Å². The van der Waals surface area contributed by atoms with Crippen molar-refractivity contribution in [1.29, 1.82) is 0 Å². The van der Waals surface area contributed by atoms with E-state index in [-0.39, 0.29) is 28.6 Å². The molecule has 28 heavy (non-hydrogen) atoms. The van der Waals surface area contributed by atoms with Gasteiger partial charge in [-0.25, -0.2) is 0 Å². The summed E-state index contributed by atoms with van der Waals surface area (Å²) in [4.78, 5) is 21.8. The second kappa shape index (κ2) is 10.4. The third kappa shape index (κ3) is 6.19. The van der Waals surface area contributed by atoms with Crippen molar-refractivity contribution < 1.29 is 54.9 Å². The number of hydrogen-bond acceptors (Lipinski definition) is 8. The second-order valence-corrected chi connectivity index (χ2v) is 6.32. The molecule has 0 spiro atoms. The van der Waals surface area contributed by atoms with E-state index in [1.807, 2.05) is 0 Å². The molecule has 10 heteroatoms. The number of hydrogen-bond donors (Lipinski definition) is 0. The van der Waals surface area contributed by atoms with Gasteiger partial charge in [0.15, 0.2) is 23.0 Å². The fourth-order valence-corrected chi connectivity index (χ4v) is 2.76. The standard InChI is InChI=1S/C18H21O8P.Mn/c1-22-14-8-7-12(9-15(14)26-27(19,20)21)5-6-13-10-16(23-2)18(25-4)17(11-13)24-3;/h5-11H,1-4H3,(H2,19,20,21);/q;+2/p-2/b6-5+;. The Labute approximate surface area is 173 Å². The Balaban J connectivity index is 0.00000392. The monoisotopic (exact) mass is 449 g/mol. The van der Waals surface area contributed by atoms with Gasteiger partial charge < -0.3 is 37.8 Å². The number of ether oxygens (including phenoxy) is 4. The van der Waals surface area contributed by atoms with Gasteiger partial charge in [-0.2, -0.15) is 0 Å². The Hall–Kier alpha value is -2.15. The van der Waals surface area contributed by atoms with E-state index in [4.69, 9.17) is 18.9 Å². The molecule has 151 valence electrons. The van der Waals surface area contributed by atoms with Gasteiger partial charge in [0.25, 0.3) is 0 Å². The molecule has 0 fully saturated rings. The smallest absolute Gasteiger partial charge is 0.780 e. The summed E-state index contributed by atoms with van der Waals surface area (Å²) in [5.41, 5.74) is 1.34. The molecular formula is C18H19MnO8P. The summed E-state index contributed by atoms with van der Waals surface area (Å²) in [7, 11) is 0.680. The van der Waals surface area contributed by atoms with Gasteiger partial charge in [-0.1, -0.05) is 18.2 Å². The van der Waals surface area contributed by atoms with Crippen molar-refractivity contribution in [3.05, 3.63) is 41.5 Å². The van der Waals surface area contributed by atoms with E-state index in [0.717, 1.165) is 5.56 Å². The Bertz CT molecular complexity index is 853. The molecule has 2 aromatic rings. The van der Waals surface area contributed by atoms with Gasteiger partial charge in [0.2, 0.25) is 5.75 Å². The molecule has 2 aromatic carbocycles. The Morgan fingerprint density at radius 3 is 1.71 bits per heavy atom. The van der Waals surface area contributed by atoms with Crippen LogP contribution in [0.5, 0.6) is 28.7 Å². The Kier molecular flexibility index (Phi) is 8.88. The fourth-order valence-electron chi connectivity index (χ4n) is 2.38. The van der Waals surface area contributed by atoms with Crippen LogP contribution in [0, 0.1) is 0 Å². The van der Waals surface area contributed by atoms with Gasteiger partial charge in [-0.3, -0.25) is 0 Å². The second-order valence-electron chi connectivity index (χ2n) is 5.24. The zero-order valence-corrected chi connectivity index (χ0v) is 17.7. The van der Waals surface area contributed by atoms with Crippen LogP contribution < -0.4 is 33.3 Å². The fraction of sp³-hybridized carbons (Fsp3) is 0.222. The first-order chi connectivity index (χ1) is 12.8. The summed E-state index contributed by atoms with van der Waals surface area (Å²) >= 11 is 0. The summed E-state index contributed by atoms with van der Waals surface area (Å²) in [6.07, 6.45) is 3.46. The molecule has 0 aliphatic heterocycles. The quantitative estimate of drug-likeness (QED) is 0.343. The molecule has 0 aliphatic rings. The summed E-state index contributed by atoms with van der Waals surface area (Å²) in [5, 5.41) is 0. The molecule has 0 N–H and O–H groups in total. The topological polar surface area (TPSA) is 109 Å². The first-order valence-electron chi connectivity index (χ1n) is 7.69. The molecule has 0 amide bonds. The van der Waals surface area contributed by atoms with Crippen molar-refractivity contribution in [1.82, 2.24) is 0 Å². The molecule has 0 aliphatic carbocycles. The van der Waals surface area contributed by atoms with Crippen LogP contribution >= 0.6 is 7.82 Å². The molecule has 0 aromatic heterocycles. The minimum Gasteiger partial charge on any atom is -0.780 e. The Morgan fingerprint density at radius 2 is 1.25 bits per heavy atom. The van der Waals surface area contributed by atoms with Crippen LogP contribution in [-0.2, 0) is 21.6 Å². The van der Waals surface area contributed by atoms with Gasteiger partial charge in [-0.05, 0) is 35.4 Å². The van der Waals surface area contributed by atoms with Crippen LogP contribution in [0.1, 0.15) is 11.1 Å². The molecule has 0 heterocycles. The third-order valence-electron chi connectivity index (χ3n) is 3.55. The van der Waals surface area contributed by atoms with Crippen molar-refractivity contribution in [2.75, 3.05) is 28.4 Å². The molecule has 0 bridgehead atoms. The number of phosphoric acid groups is 1. The largest absolute Gasteiger partial charge is 2.00 e. The van der Waals surface area contributed by atoms with Crippen LogP contribution in [-0.4, -0.2) is 28.4 Å². The number of benzene rings is 2. The predicted molar refractivity (Wildman–Crippen MR) is 96.3 cm³/mol. The maximum absolute atomic E-state index is 10.9. The summed E-state index contributed by atoms with van der Waals surface area (Å²) in [5.74, 6) is 1.41. The van der Waals surface area contributed by atoms with E-state index < -0.39 is 7.82 Å². The number of phosphoric ester groups is 1. The SMILES string of the molecule is COc1ccc(/C=C/c2cc(OC)c(OC)c(OC)c2)cc1OP(=O)([O-])[O-].[Mn+2]. The third-order valence-corrected chi connectivity index (χ3v) is 3.97. The van der Waals surface area contributed by atoms with Gasteiger partial charge in [-0.15, -0.1) is 0 Å². The van der Waals surface area contributed by atoms with Crippen molar-refractivity contribution in [2.24, 2.45) is 0 Å². The summed E-state index contributed by atoms with van der Waals surface area (Å²) in [6, 6.07) is 8.07. The van der Waals surface area contributed by atoms with Gasteiger partial charge in [0, 0.05) is 0 Å². The molecule has 0 atom stereocenters. The minimum atomic E-state index is -5.21. The average Bonchev–Trinajstić information content (AvgIpc) is 2.64. The van der Waals surface area contributed by atoms with Crippen molar-refractivity contribution in [2.45, 2.75) is 0 Å². The normalized spacial score (nSPS) is 10.9. The Morgan fingerprint density at radius 1 is 0.750 bits per heavy atom. The van der Waals surface area contributed by atoms with Crippen LogP contribution in [0.15, 0.2) is 30.3 Å². The van der Waals surface area contributed by atoms with E-state index >= 15 is 0 Å². The van der Waals surface area contributed by atoms with E-state index in [9.17, 15) is 14.4 Å². The minimum absolute atomic E-state index is 0. The summed E-state index contributed by atoms with van der Waals surface area (Å²) < 4.78 is 36.2.